The lowest BCUT2D eigenvalue weighted by molar-refractivity contribution is 0.166. The van der Waals surface area contributed by atoms with Crippen LogP contribution in [0.4, 0.5) is 0 Å². The molecule has 0 bridgehead atoms. The van der Waals surface area contributed by atoms with Crippen LogP contribution in [0.2, 0.25) is 0 Å². The van der Waals surface area contributed by atoms with Crippen LogP contribution in [-0.4, -0.2) is 24.5 Å². The summed E-state index contributed by atoms with van der Waals surface area (Å²) in [5.74, 6) is 0.664. The van der Waals surface area contributed by atoms with Gasteiger partial charge < -0.3 is 0 Å². The van der Waals surface area contributed by atoms with Crippen LogP contribution in [0.5, 0.6) is 0 Å². The second-order valence-corrected chi connectivity index (χ2v) is 9.28. The number of rotatable bonds is 2. The quantitative estimate of drug-likeness (QED) is 0.903. The highest BCUT2D eigenvalue weighted by Crippen LogP contribution is 2.38. The van der Waals surface area contributed by atoms with E-state index in [1.54, 1.807) is 18.3 Å². The first-order valence-corrected chi connectivity index (χ1v) is 9.77. The van der Waals surface area contributed by atoms with E-state index in [1.807, 2.05) is 0 Å². The van der Waals surface area contributed by atoms with Crippen molar-refractivity contribution in [2.75, 3.05) is 0 Å². The second-order valence-electron chi connectivity index (χ2n) is 7.65. The van der Waals surface area contributed by atoms with E-state index in [-0.39, 0.29) is 11.1 Å². The Kier molecular flexibility index (Phi) is 4.31. The lowest BCUT2D eigenvalue weighted by Crippen LogP contribution is -2.42. The summed E-state index contributed by atoms with van der Waals surface area (Å²) in [6.45, 7) is 7.14. The summed E-state index contributed by atoms with van der Waals surface area (Å²) in [5, 5.41) is 0.151. The largest absolute Gasteiger partial charge is 0.265 e. The van der Waals surface area contributed by atoms with Gasteiger partial charge in [-0.3, -0.25) is 9.98 Å². The minimum atomic E-state index is -3.57. The molecule has 0 atom stereocenters. The van der Waals surface area contributed by atoms with Gasteiger partial charge in [0.2, 0.25) is 0 Å². The van der Waals surface area contributed by atoms with Crippen LogP contribution in [-0.2, 0) is 16.6 Å². The predicted octanol–water partition coefficient (Wildman–Crippen LogP) is 2.87. The molecule has 23 heavy (non-hydrogen) atoms. The molecule has 126 valence electrons. The zero-order valence-electron chi connectivity index (χ0n) is 14.0. The summed E-state index contributed by atoms with van der Waals surface area (Å²) in [6, 6.07) is 3.55. The molecule has 1 aromatic heterocycles. The third-order valence-electron chi connectivity index (χ3n) is 5.02. The lowest BCUT2D eigenvalue weighted by atomic mass is 9.71. The number of nitrogens with zero attached hydrogens (tertiary/aromatic N) is 2. The first kappa shape index (κ1) is 16.6. The predicted molar refractivity (Wildman–Crippen MR) is 91.7 cm³/mol. The number of pyridine rings is 1. The zero-order chi connectivity index (χ0) is 16.7. The van der Waals surface area contributed by atoms with Crippen LogP contribution in [0.3, 0.4) is 0 Å². The molecule has 0 unspecified atom stereocenters. The number of aliphatic imine (C=N–C) groups is 1. The first-order valence-electron chi connectivity index (χ1n) is 8.28. The maximum atomic E-state index is 12.7. The molecule has 0 saturated heterocycles. The van der Waals surface area contributed by atoms with E-state index in [4.69, 9.17) is 0 Å². The van der Waals surface area contributed by atoms with E-state index in [2.05, 4.69) is 35.5 Å². The van der Waals surface area contributed by atoms with Crippen molar-refractivity contribution < 1.29 is 8.42 Å². The minimum Gasteiger partial charge on any atom is -0.265 e. The Hall–Kier alpha value is -1.27. The molecule has 1 aliphatic heterocycles. The number of aromatic nitrogens is 1. The summed E-state index contributed by atoms with van der Waals surface area (Å²) in [4.78, 5) is 8.40. The van der Waals surface area contributed by atoms with Crippen LogP contribution in [0.25, 0.3) is 0 Å². The van der Waals surface area contributed by atoms with E-state index >= 15 is 0 Å². The average molecular weight is 335 g/mol. The second kappa shape index (κ2) is 5.98. The fraction of sp³-hybridized carbons (Fsp3) is 0.647. The number of nitrogens with one attached hydrogen (secondary N) is 1. The SMILES string of the molecule is CC(C)(C)C1CCC(NS(=O)(=O)C2=NCc3ncccc32)CC1. The smallest absolute Gasteiger partial charge is 0.258 e. The van der Waals surface area contributed by atoms with Gasteiger partial charge in [-0.25, -0.2) is 13.1 Å². The van der Waals surface area contributed by atoms with E-state index in [9.17, 15) is 8.42 Å². The van der Waals surface area contributed by atoms with Crippen LogP contribution in [0.1, 0.15) is 57.7 Å². The average Bonchev–Trinajstić information content (AvgIpc) is 2.91. The molecule has 1 fully saturated rings. The monoisotopic (exact) mass is 335 g/mol. The van der Waals surface area contributed by atoms with Gasteiger partial charge in [0.15, 0.2) is 5.04 Å². The fourth-order valence-electron chi connectivity index (χ4n) is 3.57. The van der Waals surface area contributed by atoms with Gasteiger partial charge in [0.25, 0.3) is 10.0 Å². The molecular formula is C17H25N3O2S. The third-order valence-corrected chi connectivity index (χ3v) is 6.52. The molecule has 5 nitrogen and oxygen atoms in total. The zero-order valence-corrected chi connectivity index (χ0v) is 14.9. The first-order chi connectivity index (χ1) is 10.8. The molecule has 3 rings (SSSR count). The summed E-state index contributed by atoms with van der Waals surface area (Å²) < 4.78 is 28.2. The van der Waals surface area contributed by atoms with Crippen molar-refractivity contribution in [1.82, 2.24) is 9.71 Å². The molecule has 0 amide bonds. The number of sulfonamides is 1. The highest BCUT2D eigenvalue weighted by Gasteiger charge is 2.34. The summed E-state index contributed by atoms with van der Waals surface area (Å²) >= 11 is 0. The Labute approximate surface area is 138 Å². The Bertz CT molecular complexity index is 712. The van der Waals surface area contributed by atoms with Gasteiger partial charge >= 0.3 is 0 Å². The molecule has 0 radical (unpaired) electrons. The lowest BCUT2D eigenvalue weighted by Gasteiger charge is -2.37. The van der Waals surface area contributed by atoms with Crippen LogP contribution in [0, 0.1) is 11.3 Å². The minimum absolute atomic E-state index is 0.0158. The fourth-order valence-corrected chi connectivity index (χ4v) is 5.07. The Morgan fingerprint density at radius 2 is 1.87 bits per heavy atom. The van der Waals surface area contributed by atoms with E-state index in [0.29, 0.717) is 23.4 Å². The molecule has 6 heteroatoms. The van der Waals surface area contributed by atoms with E-state index in [0.717, 1.165) is 31.4 Å². The van der Waals surface area contributed by atoms with Crippen LogP contribution in [0.15, 0.2) is 23.3 Å². The van der Waals surface area contributed by atoms with Gasteiger partial charge in [-0.1, -0.05) is 20.8 Å². The normalized spacial score (nSPS) is 25.1. The molecule has 1 saturated carbocycles. The van der Waals surface area contributed by atoms with Gasteiger partial charge in [-0.2, -0.15) is 0 Å². The topological polar surface area (TPSA) is 71.4 Å². The van der Waals surface area contributed by atoms with Crippen molar-refractivity contribution in [1.29, 1.82) is 0 Å². The highest BCUT2D eigenvalue weighted by molar-refractivity contribution is 8.05. The van der Waals surface area contributed by atoms with Crippen molar-refractivity contribution in [3.05, 3.63) is 29.6 Å². The van der Waals surface area contributed by atoms with Gasteiger partial charge in [0.05, 0.1) is 12.2 Å². The Balaban J connectivity index is 1.67. The van der Waals surface area contributed by atoms with Gasteiger partial charge in [-0.05, 0) is 49.1 Å². The summed E-state index contributed by atoms with van der Waals surface area (Å²) in [5.41, 5.74) is 1.68. The molecule has 1 N–H and O–H groups in total. The van der Waals surface area contributed by atoms with E-state index in [1.165, 1.54) is 0 Å². The number of hydrogen-bond acceptors (Lipinski definition) is 4. The standard InChI is InChI=1S/C17H25N3O2S/c1-17(2,3)12-6-8-13(9-7-12)20-23(21,22)16-14-5-4-10-18-15(14)11-19-16/h4-5,10,12-13,20H,6-9,11H2,1-3H3. The Morgan fingerprint density at radius 3 is 2.52 bits per heavy atom. The molecule has 0 spiro atoms. The summed E-state index contributed by atoms with van der Waals surface area (Å²) in [7, 11) is -3.57. The molecule has 2 heterocycles. The van der Waals surface area contributed by atoms with Gasteiger partial charge in [0, 0.05) is 17.8 Å². The number of fused-ring (bicyclic) bond motifs is 1. The van der Waals surface area contributed by atoms with Crippen LogP contribution < -0.4 is 4.72 Å². The summed E-state index contributed by atoms with van der Waals surface area (Å²) in [6.07, 6.45) is 5.61. The van der Waals surface area contributed by atoms with Crippen molar-refractivity contribution in [3.8, 4) is 0 Å². The molecule has 1 aliphatic carbocycles. The maximum Gasteiger partial charge on any atom is 0.258 e. The van der Waals surface area contributed by atoms with Crippen molar-refractivity contribution in [2.24, 2.45) is 16.3 Å². The third kappa shape index (κ3) is 3.48. The molecule has 2 aliphatic rings. The Morgan fingerprint density at radius 1 is 1.17 bits per heavy atom. The van der Waals surface area contributed by atoms with Crippen LogP contribution >= 0.6 is 0 Å². The maximum absolute atomic E-state index is 12.7. The van der Waals surface area contributed by atoms with E-state index < -0.39 is 10.0 Å². The molecule has 0 aromatic carbocycles. The van der Waals surface area contributed by atoms with Gasteiger partial charge in [0.1, 0.15) is 0 Å². The van der Waals surface area contributed by atoms with Crippen molar-refractivity contribution >= 4 is 15.1 Å². The highest BCUT2D eigenvalue weighted by atomic mass is 32.2. The number of hydrogen-bond donors (Lipinski definition) is 1. The van der Waals surface area contributed by atoms with Gasteiger partial charge in [-0.15, -0.1) is 0 Å². The molecular weight excluding hydrogens is 310 g/mol. The van der Waals surface area contributed by atoms with Crippen molar-refractivity contribution in [2.45, 2.75) is 59.0 Å². The molecule has 1 aromatic rings. The van der Waals surface area contributed by atoms with Crippen molar-refractivity contribution in [3.63, 3.8) is 0 Å².